The van der Waals surface area contributed by atoms with Crippen LogP contribution in [0.4, 0.5) is 0 Å². The number of carbonyl (C=O) groups is 1. The van der Waals surface area contributed by atoms with E-state index in [-0.39, 0.29) is 30.9 Å². The Morgan fingerprint density at radius 3 is 2.42 bits per heavy atom. The summed E-state index contributed by atoms with van der Waals surface area (Å²) in [5.41, 5.74) is 1.91. The monoisotopic (exact) mass is 465 g/mol. The predicted molar refractivity (Wildman–Crippen MR) is 124 cm³/mol. The lowest BCUT2D eigenvalue weighted by Gasteiger charge is -2.24. The van der Waals surface area contributed by atoms with E-state index in [1.54, 1.807) is 41.3 Å². The average molecular weight is 466 g/mol. The van der Waals surface area contributed by atoms with Crippen LogP contribution >= 0.6 is 11.6 Å². The fourth-order valence-electron chi connectivity index (χ4n) is 3.16. The first-order valence-electron chi connectivity index (χ1n) is 10.6. The SMILES string of the molecule is Cc1ccc(OCc2ccc(C(=O)N(Cc3nnc(-c4ccc(Cl)cc4)o3)C(C)C)o2)cc1. The average Bonchev–Trinajstić information content (AvgIpc) is 3.47. The molecule has 0 radical (unpaired) electrons. The largest absolute Gasteiger partial charge is 0.486 e. The Hall–Kier alpha value is -3.58. The second-order valence-electron chi connectivity index (χ2n) is 7.90. The molecular weight excluding hydrogens is 442 g/mol. The summed E-state index contributed by atoms with van der Waals surface area (Å²) in [4.78, 5) is 14.7. The van der Waals surface area contributed by atoms with Crippen LogP contribution in [0.1, 0.15) is 41.6 Å². The van der Waals surface area contributed by atoms with E-state index in [1.807, 2.05) is 45.0 Å². The molecule has 0 atom stereocenters. The van der Waals surface area contributed by atoms with Gasteiger partial charge in [-0.15, -0.1) is 10.2 Å². The summed E-state index contributed by atoms with van der Waals surface area (Å²) in [7, 11) is 0. The molecule has 0 aliphatic carbocycles. The fraction of sp³-hybridized carbons (Fsp3) is 0.240. The van der Waals surface area contributed by atoms with Gasteiger partial charge < -0.3 is 18.5 Å². The maximum Gasteiger partial charge on any atom is 0.290 e. The summed E-state index contributed by atoms with van der Waals surface area (Å²) < 4.78 is 17.3. The molecule has 170 valence electrons. The number of amides is 1. The van der Waals surface area contributed by atoms with Gasteiger partial charge in [0.1, 0.15) is 18.1 Å². The fourth-order valence-corrected chi connectivity index (χ4v) is 3.29. The lowest BCUT2D eigenvalue weighted by atomic mass is 10.2. The second-order valence-corrected chi connectivity index (χ2v) is 8.34. The first-order valence-corrected chi connectivity index (χ1v) is 10.9. The van der Waals surface area contributed by atoms with Crippen LogP contribution in [-0.4, -0.2) is 27.0 Å². The third kappa shape index (κ3) is 5.62. The molecule has 4 aromatic rings. The maximum absolute atomic E-state index is 13.1. The third-order valence-corrected chi connectivity index (χ3v) is 5.27. The summed E-state index contributed by atoms with van der Waals surface area (Å²) in [5.74, 6) is 1.95. The van der Waals surface area contributed by atoms with Crippen molar-refractivity contribution in [2.24, 2.45) is 0 Å². The number of hydrogen-bond acceptors (Lipinski definition) is 6. The van der Waals surface area contributed by atoms with E-state index in [2.05, 4.69) is 10.2 Å². The summed E-state index contributed by atoms with van der Waals surface area (Å²) in [6.07, 6.45) is 0. The van der Waals surface area contributed by atoms with Crippen LogP contribution in [0.2, 0.25) is 5.02 Å². The van der Waals surface area contributed by atoms with Crippen LogP contribution in [0.3, 0.4) is 0 Å². The van der Waals surface area contributed by atoms with Crippen molar-refractivity contribution in [2.75, 3.05) is 0 Å². The number of hydrogen-bond donors (Lipinski definition) is 0. The van der Waals surface area contributed by atoms with Crippen LogP contribution in [0, 0.1) is 6.92 Å². The van der Waals surface area contributed by atoms with E-state index in [1.165, 1.54) is 0 Å². The number of nitrogens with zero attached hydrogens (tertiary/aromatic N) is 3. The Balaban J connectivity index is 1.42. The minimum absolute atomic E-state index is 0.110. The smallest absolute Gasteiger partial charge is 0.290 e. The van der Waals surface area contributed by atoms with Crippen LogP contribution in [0.5, 0.6) is 5.75 Å². The number of halogens is 1. The van der Waals surface area contributed by atoms with Gasteiger partial charge in [-0.05, 0) is 69.3 Å². The Morgan fingerprint density at radius 1 is 1.00 bits per heavy atom. The van der Waals surface area contributed by atoms with Gasteiger partial charge in [-0.1, -0.05) is 29.3 Å². The zero-order valence-corrected chi connectivity index (χ0v) is 19.4. The van der Waals surface area contributed by atoms with Gasteiger partial charge in [0.15, 0.2) is 5.76 Å². The molecule has 2 aromatic heterocycles. The molecule has 1 amide bonds. The zero-order valence-electron chi connectivity index (χ0n) is 18.6. The normalized spacial score (nSPS) is 11.1. The highest BCUT2D eigenvalue weighted by molar-refractivity contribution is 6.30. The summed E-state index contributed by atoms with van der Waals surface area (Å²) in [6.45, 7) is 6.23. The lowest BCUT2D eigenvalue weighted by Crippen LogP contribution is -2.36. The van der Waals surface area contributed by atoms with Crippen molar-refractivity contribution in [3.05, 3.63) is 88.7 Å². The molecule has 4 rings (SSSR count). The van der Waals surface area contributed by atoms with E-state index >= 15 is 0 Å². The molecular formula is C25H24ClN3O4. The Bertz CT molecular complexity index is 1210. The van der Waals surface area contributed by atoms with Crippen molar-refractivity contribution in [3.8, 4) is 17.2 Å². The highest BCUT2D eigenvalue weighted by Crippen LogP contribution is 2.22. The summed E-state index contributed by atoms with van der Waals surface area (Å²) in [5, 5.41) is 8.80. The van der Waals surface area contributed by atoms with Crippen molar-refractivity contribution in [1.82, 2.24) is 15.1 Å². The summed E-state index contributed by atoms with van der Waals surface area (Å²) in [6, 6.07) is 18.1. The van der Waals surface area contributed by atoms with E-state index < -0.39 is 0 Å². The van der Waals surface area contributed by atoms with E-state index in [0.29, 0.717) is 22.6 Å². The molecule has 0 bridgehead atoms. The first-order chi connectivity index (χ1) is 15.9. The Labute approximate surface area is 196 Å². The predicted octanol–water partition coefficient (Wildman–Crippen LogP) is 5.92. The number of aryl methyl sites for hydroxylation is 1. The van der Waals surface area contributed by atoms with Crippen LogP contribution in [-0.2, 0) is 13.2 Å². The molecule has 0 fully saturated rings. The van der Waals surface area contributed by atoms with Gasteiger partial charge in [0.25, 0.3) is 5.91 Å². The third-order valence-electron chi connectivity index (χ3n) is 5.02. The van der Waals surface area contributed by atoms with Gasteiger partial charge >= 0.3 is 0 Å². The number of furan rings is 1. The number of carbonyl (C=O) groups excluding carboxylic acids is 1. The van der Waals surface area contributed by atoms with E-state index in [4.69, 9.17) is 25.2 Å². The number of aromatic nitrogens is 2. The van der Waals surface area contributed by atoms with E-state index in [9.17, 15) is 4.79 Å². The quantitative estimate of drug-likeness (QED) is 0.321. The minimum atomic E-state index is -0.266. The van der Waals surface area contributed by atoms with Gasteiger partial charge in [-0.2, -0.15) is 0 Å². The highest BCUT2D eigenvalue weighted by Gasteiger charge is 2.24. The van der Waals surface area contributed by atoms with Crippen molar-refractivity contribution in [1.29, 1.82) is 0 Å². The molecule has 0 saturated carbocycles. The summed E-state index contributed by atoms with van der Waals surface area (Å²) >= 11 is 5.93. The van der Waals surface area contributed by atoms with Crippen molar-refractivity contribution in [2.45, 2.75) is 40.0 Å². The molecule has 0 saturated heterocycles. The number of rotatable bonds is 8. The molecule has 8 heteroatoms. The lowest BCUT2D eigenvalue weighted by molar-refractivity contribution is 0.0635. The van der Waals surface area contributed by atoms with Crippen molar-refractivity contribution in [3.63, 3.8) is 0 Å². The second kappa shape index (κ2) is 9.92. The van der Waals surface area contributed by atoms with Gasteiger partial charge in [-0.3, -0.25) is 4.79 Å². The first kappa shape index (κ1) is 22.6. The van der Waals surface area contributed by atoms with Crippen LogP contribution in [0.25, 0.3) is 11.5 Å². The minimum Gasteiger partial charge on any atom is -0.486 e. The van der Waals surface area contributed by atoms with Crippen LogP contribution in [0.15, 0.2) is 69.5 Å². The molecule has 2 heterocycles. The van der Waals surface area contributed by atoms with Gasteiger partial charge in [0, 0.05) is 16.6 Å². The van der Waals surface area contributed by atoms with E-state index in [0.717, 1.165) is 16.9 Å². The topological polar surface area (TPSA) is 81.6 Å². The maximum atomic E-state index is 13.1. The van der Waals surface area contributed by atoms with Crippen molar-refractivity contribution >= 4 is 17.5 Å². The number of benzene rings is 2. The molecule has 33 heavy (non-hydrogen) atoms. The molecule has 2 aromatic carbocycles. The zero-order chi connectivity index (χ0) is 23.4. The Morgan fingerprint density at radius 2 is 1.73 bits per heavy atom. The van der Waals surface area contributed by atoms with Gasteiger partial charge in [0.2, 0.25) is 11.8 Å². The standard InChI is InChI=1S/C25H24ClN3O4/c1-16(2)29(14-23-27-28-24(33-23)18-6-8-19(26)9-7-18)25(30)22-13-12-21(32-22)15-31-20-10-4-17(3)5-11-20/h4-13,16H,14-15H2,1-3H3. The van der Waals surface area contributed by atoms with Gasteiger partial charge in [-0.25, -0.2) is 0 Å². The molecule has 0 N–H and O–H groups in total. The highest BCUT2D eigenvalue weighted by atomic mass is 35.5. The molecule has 7 nitrogen and oxygen atoms in total. The van der Waals surface area contributed by atoms with Crippen molar-refractivity contribution < 1.29 is 18.4 Å². The molecule has 0 aliphatic heterocycles. The molecule has 0 unspecified atom stereocenters. The van der Waals surface area contributed by atoms with Gasteiger partial charge in [0.05, 0.1) is 6.54 Å². The molecule has 0 spiro atoms. The molecule has 0 aliphatic rings. The van der Waals surface area contributed by atoms with Crippen LogP contribution < -0.4 is 4.74 Å². The number of ether oxygens (including phenoxy) is 1. The Kier molecular flexibility index (Phi) is 6.79.